The van der Waals surface area contributed by atoms with Crippen LogP contribution in [-0.2, 0) is 4.79 Å². The summed E-state index contributed by atoms with van der Waals surface area (Å²) in [6, 6.07) is 2.66. The van der Waals surface area contributed by atoms with Crippen LogP contribution in [0.2, 0.25) is 0 Å². The summed E-state index contributed by atoms with van der Waals surface area (Å²) in [5, 5.41) is 14.0. The normalized spacial score (nSPS) is 23.7. The van der Waals surface area contributed by atoms with Crippen molar-refractivity contribution in [1.82, 2.24) is 15.1 Å². The van der Waals surface area contributed by atoms with Crippen molar-refractivity contribution in [3.63, 3.8) is 0 Å². The highest BCUT2D eigenvalue weighted by Gasteiger charge is 2.38. The number of carbonyl (C=O) groups excluding carboxylic acids is 2. The van der Waals surface area contributed by atoms with E-state index in [1.807, 2.05) is 11.9 Å². The van der Waals surface area contributed by atoms with Crippen LogP contribution in [0.5, 0.6) is 0 Å². The van der Waals surface area contributed by atoms with Crippen LogP contribution < -0.4 is 5.32 Å². The lowest BCUT2D eigenvalue weighted by molar-refractivity contribution is -0.380. The molecule has 1 N–H and O–H groups in total. The lowest BCUT2D eigenvalue weighted by Gasteiger charge is -2.36. The van der Waals surface area contributed by atoms with Crippen molar-refractivity contribution in [3.05, 3.63) is 27.1 Å². The average Bonchev–Trinajstić information content (AvgIpc) is 3.30. The van der Waals surface area contributed by atoms with E-state index < -0.39 is 11.0 Å². The first kappa shape index (κ1) is 17.8. The van der Waals surface area contributed by atoms with E-state index >= 15 is 0 Å². The zero-order valence-electron chi connectivity index (χ0n) is 14.1. The average molecular weight is 366 g/mol. The number of likely N-dealkylation sites (tertiary alicyclic amines) is 2. The molecule has 2 atom stereocenters. The maximum Gasteiger partial charge on any atom is 0.324 e. The van der Waals surface area contributed by atoms with Crippen LogP contribution in [0.3, 0.4) is 0 Å². The van der Waals surface area contributed by atoms with Gasteiger partial charge in [-0.05, 0) is 38.8 Å². The fourth-order valence-corrected chi connectivity index (χ4v) is 4.35. The van der Waals surface area contributed by atoms with E-state index in [4.69, 9.17) is 0 Å². The first-order chi connectivity index (χ1) is 12.0. The molecule has 8 nitrogen and oxygen atoms in total. The van der Waals surface area contributed by atoms with Crippen LogP contribution in [-0.4, -0.2) is 65.3 Å². The minimum atomic E-state index is -0.500. The molecule has 2 unspecified atom stereocenters. The standard InChI is InChI=1S/C16H22N4O4S/c1-17-11-4-2-8-18(10-11)15(21)12-5-3-9-19(12)16(22)13-6-7-14(25-13)20(23)24/h6-7,11-12,17H,2-5,8-10H2,1H3. The molecule has 0 bridgehead atoms. The number of nitrogens with zero attached hydrogens (tertiary/aromatic N) is 3. The summed E-state index contributed by atoms with van der Waals surface area (Å²) in [4.78, 5) is 39.7. The fourth-order valence-electron chi connectivity index (χ4n) is 3.57. The molecule has 3 rings (SSSR count). The maximum absolute atomic E-state index is 12.9. The number of piperidine rings is 1. The number of likely N-dealkylation sites (N-methyl/N-ethyl adjacent to an activating group) is 1. The molecule has 0 aromatic carbocycles. The Kier molecular flexibility index (Phi) is 5.33. The minimum Gasteiger partial charge on any atom is -0.339 e. The summed E-state index contributed by atoms with van der Waals surface area (Å²) in [6.45, 7) is 1.91. The quantitative estimate of drug-likeness (QED) is 0.643. The number of rotatable bonds is 4. The van der Waals surface area contributed by atoms with Crippen LogP contribution in [0.25, 0.3) is 0 Å². The van der Waals surface area contributed by atoms with E-state index in [0.29, 0.717) is 30.4 Å². The van der Waals surface area contributed by atoms with Gasteiger partial charge in [0, 0.05) is 31.7 Å². The highest BCUT2D eigenvalue weighted by Crippen LogP contribution is 2.29. The van der Waals surface area contributed by atoms with Crippen LogP contribution in [0.1, 0.15) is 35.4 Å². The van der Waals surface area contributed by atoms with Gasteiger partial charge < -0.3 is 15.1 Å². The predicted molar refractivity (Wildman–Crippen MR) is 93.7 cm³/mol. The molecule has 0 aliphatic carbocycles. The SMILES string of the molecule is CNC1CCCN(C(=O)C2CCCN2C(=O)c2ccc([N+](=O)[O-])s2)C1. The Balaban J connectivity index is 1.71. The van der Waals surface area contributed by atoms with Crippen molar-refractivity contribution in [3.8, 4) is 0 Å². The number of thiophene rings is 1. The van der Waals surface area contributed by atoms with Gasteiger partial charge in [-0.2, -0.15) is 0 Å². The van der Waals surface area contributed by atoms with Gasteiger partial charge in [-0.3, -0.25) is 19.7 Å². The Morgan fingerprint density at radius 2 is 2.04 bits per heavy atom. The number of carbonyl (C=O) groups is 2. The lowest BCUT2D eigenvalue weighted by atomic mass is 10.0. The number of hydrogen-bond acceptors (Lipinski definition) is 6. The molecule has 0 radical (unpaired) electrons. The zero-order valence-corrected chi connectivity index (χ0v) is 15.0. The lowest BCUT2D eigenvalue weighted by Crippen LogP contribution is -2.53. The Morgan fingerprint density at radius 3 is 2.72 bits per heavy atom. The highest BCUT2D eigenvalue weighted by molar-refractivity contribution is 7.17. The molecule has 1 aromatic rings. The summed E-state index contributed by atoms with van der Waals surface area (Å²) in [6.07, 6.45) is 3.43. The first-order valence-electron chi connectivity index (χ1n) is 8.52. The maximum atomic E-state index is 12.9. The molecule has 2 aliphatic rings. The molecule has 9 heteroatoms. The van der Waals surface area contributed by atoms with Crippen molar-refractivity contribution < 1.29 is 14.5 Å². The van der Waals surface area contributed by atoms with Crippen LogP contribution in [0.4, 0.5) is 5.00 Å². The Hall–Kier alpha value is -2.00. The summed E-state index contributed by atoms with van der Waals surface area (Å²) in [5.41, 5.74) is 0. The van der Waals surface area contributed by atoms with Gasteiger partial charge >= 0.3 is 5.00 Å². The second-order valence-corrected chi connectivity index (χ2v) is 7.53. The second kappa shape index (κ2) is 7.49. The van der Waals surface area contributed by atoms with Gasteiger partial charge in [-0.1, -0.05) is 11.3 Å². The molecule has 25 heavy (non-hydrogen) atoms. The molecule has 2 aliphatic heterocycles. The fraction of sp³-hybridized carbons (Fsp3) is 0.625. The Bertz CT molecular complexity index is 677. The minimum absolute atomic E-state index is 0.00291. The van der Waals surface area contributed by atoms with Crippen molar-refractivity contribution in [1.29, 1.82) is 0 Å². The predicted octanol–water partition coefficient (Wildman–Crippen LogP) is 1.47. The van der Waals surface area contributed by atoms with Crippen LogP contribution in [0.15, 0.2) is 12.1 Å². The molecule has 2 fully saturated rings. The summed E-state index contributed by atoms with van der Waals surface area (Å²) >= 11 is 0.864. The van der Waals surface area contributed by atoms with Crippen LogP contribution >= 0.6 is 11.3 Å². The smallest absolute Gasteiger partial charge is 0.324 e. The summed E-state index contributed by atoms with van der Waals surface area (Å²) in [5.74, 6) is -0.284. The van der Waals surface area contributed by atoms with Crippen molar-refractivity contribution in [2.45, 2.75) is 37.8 Å². The van der Waals surface area contributed by atoms with E-state index in [1.54, 1.807) is 4.90 Å². The molecular weight excluding hydrogens is 344 g/mol. The molecule has 2 amide bonds. The molecule has 3 heterocycles. The summed E-state index contributed by atoms with van der Waals surface area (Å²) in [7, 11) is 1.90. The third kappa shape index (κ3) is 3.67. The van der Waals surface area contributed by atoms with Crippen molar-refractivity contribution >= 4 is 28.2 Å². The number of hydrogen-bond donors (Lipinski definition) is 1. The molecule has 0 spiro atoms. The van der Waals surface area contributed by atoms with Gasteiger partial charge in [-0.25, -0.2) is 0 Å². The molecule has 1 aromatic heterocycles. The molecule has 0 saturated carbocycles. The van der Waals surface area contributed by atoms with E-state index in [9.17, 15) is 19.7 Å². The van der Waals surface area contributed by atoms with Crippen molar-refractivity contribution in [2.75, 3.05) is 26.7 Å². The Morgan fingerprint density at radius 1 is 1.28 bits per heavy atom. The number of nitrogens with one attached hydrogen (secondary N) is 1. The number of amides is 2. The number of nitro groups is 1. The van der Waals surface area contributed by atoms with Gasteiger partial charge in [0.2, 0.25) is 5.91 Å². The van der Waals surface area contributed by atoms with E-state index in [1.165, 1.54) is 12.1 Å². The van der Waals surface area contributed by atoms with Gasteiger partial charge in [0.25, 0.3) is 5.91 Å². The molecule has 2 saturated heterocycles. The largest absolute Gasteiger partial charge is 0.339 e. The third-order valence-electron chi connectivity index (χ3n) is 4.92. The first-order valence-corrected chi connectivity index (χ1v) is 9.34. The topological polar surface area (TPSA) is 95.8 Å². The Labute approximate surface area is 149 Å². The van der Waals surface area contributed by atoms with Gasteiger partial charge in [-0.15, -0.1) is 0 Å². The van der Waals surface area contributed by atoms with E-state index in [-0.39, 0.29) is 16.8 Å². The van der Waals surface area contributed by atoms with Crippen molar-refractivity contribution in [2.24, 2.45) is 0 Å². The van der Waals surface area contributed by atoms with Crippen LogP contribution in [0, 0.1) is 10.1 Å². The second-order valence-electron chi connectivity index (χ2n) is 6.46. The van der Waals surface area contributed by atoms with E-state index in [2.05, 4.69) is 5.32 Å². The molecular formula is C16H22N4O4S. The third-order valence-corrected chi connectivity index (χ3v) is 5.95. The van der Waals surface area contributed by atoms with Gasteiger partial charge in [0.1, 0.15) is 6.04 Å². The summed E-state index contributed by atoms with van der Waals surface area (Å²) < 4.78 is 0. The monoisotopic (exact) mass is 366 g/mol. The molecule has 136 valence electrons. The van der Waals surface area contributed by atoms with Gasteiger partial charge in [0.05, 0.1) is 9.80 Å². The zero-order chi connectivity index (χ0) is 18.0. The van der Waals surface area contributed by atoms with E-state index in [0.717, 1.165) is 37.1 Å². The van der Waals surface area contributed by atoms with Gasteiger partial charge in [0.15, 0.2) is 0 Å². The highest BCUT2D eigenvalue weighted by atomic mass is 32.1.